The number of carbonyl (C=O) groups is 1. The van der Waals surface area contributed by atoms with Gasteiger partial charge in [-0.1, -0.05) is 6.07 Å². The van der Waals surface area contributed by atoms with Gasteiger partial charge in [-0.3, -0.25) is 4.47 Å². The third-order valence-corrected chi connectivity index (χ3v) is 8.87. The van der Waals surface area contributed by atoms with Crippen LogP contribution in [0.5, 0.6) is 0 Å². The molecule has 35 heavy (non-hydrogen) atoms. The lowest BCUT2D eigenvalue weighted by molar-refractivity contribution is 0.241. The van der Waals surface area contributed by atoms with Gasteiger partial charge >= 0.3 is 16.2 Å². The van der Waals surface area contributed by atoms with Gasteiger partial charge in [-0.25, -0.2) is 19.1 Å². The molecule has 0 radical (unpaired) electrons. The Kier molecular flexibility index (Phi) is 6.41. The summed E-state index contributed by atoms with van der Waals surface area (Å²) >= 11 is 0. The molecule has 1 atom stereocenters. The van der Waals surface area contributed by atoms with Gasteiger partial charge in [0.25, 0.3) is 0 Å². The van der Waals surface area contributed by atoms with Crippen LogP contribution in [0, 0.1) is 12.1 Å². The van der Waals surface area contributed by atoms with Gasteiger partial charge in [0.1, 0.15) is 5.82 Å². The molecule has 2 aromatic rings. The summed E-state index contributed by atoms with van der Waals surface area (Å²) in [6.45, 7) is 2.96. The van der Waals surface area contributed by atoms with E-state index in [9.17, 15) is 18.4 Å². The average molecular weight is 500 g/mol. The Balaban J connectivity index is 1.47. The number of fused-ring (bicyclic) bond motifs is 2. The van der Waals surface area contributed by atoms with Gasteiger partial charge in [-0.2, -0.15) is 8.42 Å². The second-order valence-corrected chi connectivity index (χ2v) is 11.4. The summed E-state index contributed by atoms with van der Waals surface area (Å²) in [5.41, 5.74) is 5.24. The minimum atomic E-state index is -4.75. The number of hydrogen-bond donors (Lipinski definition) is 1. The monoisotopic (exact) mass is 499 g/mol. The summed E-state index contributed by atoms with van der Waals surface area (Å²) in [5, 5.41) is 15.9. The molecular formula is C24H31N6O4S-. The smallest absolute Gasteiger partial charge is 0.326 e. The number of anilines is 2. The van der Waals surface area contributed by atoms with Crippen LogP contribution in [0.25, 0.3) is 0 Å². The maximum absolute atomic E-state index is 13.6. The number of aryl methyl sites for hydroxylation is 3. The van der Waals surface area contributed by atoms with Crippen LogP contribution in [-0.2, 0) is 35.9 Å². The number of likely N-dealkylation sites (tertiary alicyclic amines) is 1. The number of aromatic nitrogens is 2. The first-order chi connectivity index (χ1) is 16.8. The minimum Gasteiger partial charge on any atom is -0.740 e. The van der Waals surface area contributed by atoms with Crippen LogP contribution in [0.15, 0.2) is 18.5 Å². The highest BCUT2D eigenvalue weighted by Gasteiger charge is 2.37. The van der Waals surface area contributed by atoms with Crippen LogP contribution in [0.3, 0.4) is 0 Å². The standard InChI is InChI=1S/C24H31N6O4S/c1-16-25-13-20(14-26-16)29(19-8-5-11-28(2)15-19)35(33,34)30(32)24(31)27-23-21-9-3-6-17(21)12-18-7-4-10-22(18)23/h12-14,19H,3-11,15H2,1-2H3,(H,27,31)/q-1. The fraction of sp³-hybridized carbons (Fsp3) is 0.542. The molecule has 2 aliphatic carbocycles. The predicted molar refractivity (Wildman–Crippen MR) is 133 cm³/mol. The van der Waals surface area contributed by atoms with Crippen molar-refractivity contribution in [2.24, 2.45) is 0 Å². The number of rotatable bonds is 5. The summed E-state index contributed by atoms with van der Waals surface area (Å²) in [6, 6.07) is 0.506. The molecule has 3 aliphatic rings. The quantitative estimate of drug-likeness (QED) is 0.628. The number of amides is 2. The van der Waals surface area contributed by atoms with Crippen LogP contribution in [-0.4, -0.2) is 60.0 Å². The lowest BCUT2D eigenvalue weighted by Gasteiger charge is -2.41. The Morgan fingerprint density at radius 1 is 1.09 bits per heavy atom. The Morgan fingerprint density at radius 3 is 2.31 bits per heavy atom. The van der Waals surface area contributed by atoms with E-state index in [0.717, 1.165) is 66.9 Å². The number of hydroxylamine groups is 1. The molecule has 11 heteroatoms. The molecule has 1 aliphatic heterocycles. The molecule has 188 valence electrons. The van der Waals surface area contributed by atoms with E-state index in [4.69, 9.17) is 0 Å². The maximum atomic E-state index is 13.6. The number of likely N-dealkylation sites (N-methyl/N-ethyl adjacent to an activating group) is 1. The molecule has 0 saturated carbocycles. The minimum absolute atomic E-state index is 0.172. The molecule has 5 rings (SSSR count). The van der Waals surface area contributed by atoms with E-state index in [-0.39, 0.29) is 5.69 Å². The normalized spacial score (nSPS) is 19.8. The molecule has 1 fully saturated rings. The Morgan fingerprint density at radius 2 is 1.71 bits per heavy atom. The van der Waals surface area contributed by atoms with Crippen LogP contribution in [0.1, 0.15) is 53.8 Å². The number of piperidine rings is 1. The van der Waals surface area contributed by atoms with Crippen LogP contribution >= 0.6 is 0 Å². The van der Waals surface area contributed by atoms with Crippen molar-refractivity contribution in [2.45, 2.75) is 64.3 Å². The van der Waals surface area contributed by atoms with Gasteiger partial charge in [-0.15, -0.1) is 0 Å². The van der Waals surface area contributed by atoms with Crippen molar-refractivity contribution in [3.05, 3.63) is 51.7 Å². The molecule has 0 bridgehead atoms. The summed E-state index contributed by atoms with van der Waals surface area (Å²) in [6.07, 6.45) is 9.56. The van der Waals surface area contributed by atoms with Crippen LogP contribution in [0.4, 0.5) is 16.2 Å². The van der Waals surface area contributed by atoms with Crippen molar-refractivity contribution in [3.63, 3.8) is 0 Å². The maximum Gasteiger partial charge on any atom is 0.326 e. The van der Waals surface area contributed by atoms with E-state index in [2.05, 4.69) is 21.4 Å². The largest absolute Gasteiger partial charge is 0.740 e. The molecule has 10 nitrogen and oxygen atoms in total. The molecular weight excluding hydrogens is 468 g/mol. The first-order valence-corrected chi connectivity index (χ1v) is 13.6. The zero-order valence-electron chi connectivity index (χ0n) is 20.2. The molecule has 1 aromatic heterocycles. The Labute approximate surface area is 206 Å². The van der Waals surface area contributed by atoms with Crippen molar-refractivity contribution >= 4 is 27.6 Å². The van der Waals surface area contributed by atoms with Crippen molar-refractivity contribution in [2.75, 3.05) is 29.8 Å². The van der Waals surface area contributed by atoms with Crippen LogP contribution < -0.4 is 9.62 Å². The van der Waals surface area contributed by atoms with E-state index in [1.165, 1.54) is 23.5 Å². The molecule has 1 unspecified atom stereocenters. The van der Waals surface area contributed by atoms with E-state index in [0.29, 0.717) is 24.5 Å². The highest BCUT2D eigenvalue weighted by Crippen LogP contribution is 2.39. The highest BCUT2D eigenvalue weighted by molar-refractivity contribution is 7.91. The fourth-order valence-electron chi connectivity index (χ4n) is 5.67. The fourth-order valence-corrected chi connectivity index (χ4v) is 6.99. The first-order valence-electron chi connectivity index (χ1n) is 12.2. The molecule has 0 spiro atoms. The number of nitrogens with one attached hydrogen (secondary N) is 1. The summed E-state index contributed by atoms with van der Waals surface area (Å²) in [7, 11) is -2.84. The topological polar surface area (TPSA) is 122 Å². The molecule has 1 aromatic carbocycles. The Hall–Kier alpha value is -2.76. The SMILES string of the molecule is Cc1ncc(N(C2CCCN(C)C2)S(=O)(=O)N([O-])C(=O)Nc2c3c(cc4c2CCC4)CCC3)cn1. The van der Waals surface area contributed by atoms with Crippen LogP contribution in [0.2, 0.25) is 0 Å². The molecule has 1 saturated heterocycles. The van der Waals surface area contributed by atoms with Crippen molar-refractivity contribution in [1.29, 1.82) is 0 Å². The number of nitrogens with zero attached hydrogens (tertiary/aromatic N) is 5. The lowest BCUT2D eigenvalue weighted by Crippen LogP contribution is -2.54. The lowest BCUT2D eigenvalue weighted by atomic mass is 9.99. The predicted octanol–water partition coefficient (Wildman–Crippen LogP) is 2.94. The third kappa shape index (κ3) is 4.48. The number of hydrogen-bond acceptors (Lipinski definition) is 7. The van der Waals surface area contributed by atoms with Crippen molar-refractivity contribution in [3.8, 4) is 0 Å². The zero-order chi connectivity index (χ0) is 24.7. The molecule has 2 amide bonds. The summed E-state index contributed by atoms with van der Waals surface area (Å²) in [5.74, 6) is 0.482. The number of urea groups is 1. The van der Waals surface area contributed by atoms with Gasteiger partial charge in [0, 0.05) is 12.2 Å². The van der Waals surface area contributed by atoms with Crippen molar-refractivity contribution < 1.29 is 13.2 Å². The summed E-state index contributed by atoms with van der Waals surface area (Å²) in [4.78, 5) is 23.4. The average Bonchev–Trinajstić information content (AvgIpc) is 3.49. The van der Waals surface area contributed by atoms with E-state index >= 15 is 0 Å². The van der Waals surface area contributed by atoms with Gasteiger partial charge < -0.3 is 15.4 Å². The van der Waals surface area contributed by atoms with E-state index in [1.807, 2.05) is 11.9 Å². The van der Waals surface area contributed by atoms with Crippen molar-refractivity contribution in [1.82, 2.24) is 19.3 Å². The molecule has 1 N–H and O–H groups in total. The number of benzene rings is 1. The Bertz CT molecular complexity index is 1200. The second-order valence-electron chi connectivity index (χ2n) is 9.74. The van der Waals surface area contributed by atoms with E-state index < -0.39 is 26.8 Å². The zero-order valence-corrected chi connectivity index (χ0v) is 21.0. The summed E-state index contributed by atoms with van der Waals surface area (Å²) < 4.78 is 27.9. The first kappa shape index (κ1) is 24.0. The molecule has 2 heterocycles. The van der Waals surface area contributed by atoms with Gasteiger partial charge in [0.05, 0.1) is 24.1 Å². The second kappa shape index (κ2) is 9.36. The van der Waals surface area contributed by atoms with Gasteiger partial charge in [0.15, 0.2) is 0 Å². The van der Waals surface area contributed by atoms with Gasteiger partial charge in [0.2, 0.25) is 0 Å². The van der Waals surface area contributed by atoms with Gasteiger partial charge in [-0.05, 0) is 94.1 Å². The number of carbonyl (C=O) groups excluding carboxylic acids is 1. The highest BCUT2D eigenvalue weighted by atomic mass is 32.2. The third-order valence-electron chi connectivity index (χ3n) is 7.28. The van der Waals surface area contributed by atoms with E-state index in [1.54, 1.807) is 6.92 Å².